The Labute approximate surface area is 151 Å². The largest absolute Gasteiger partial charge is 0.333 e. The van der Waals surface area contributed by atoms with E-state index in [2.05, 4.69) is 28.3 Å². The fourth-order valence-corrected chi connectivity index (χ4v) is 3.83. The molecule has 1 aromatic carbocycles. The van der Waals surface area contributed by atoms with E-state index < -0.39 is 0 Å². The van der Waals surface area contributed by atoms with Gasteiger partial charge < -0.3 is 4.90 Å². The third kappa shape index (κ3) is 2.68. The lowest BCUT2D eigenvalue weighted by molar-refractivity contribution is 0.0709. The topological polar surface area (TPSA) is 50.5 Å². The van der Waals surface area contributed by atoms with Gasteiger partial charge in [-0.05, 0) is 42.9 Å². The number of nitrogens with zero attached hydrogens (tertiary/aromatic N) is 4. The summed E-state index contributed by atoms with van der Waals surface area (Å²) in [5.41, 5.74) is 4.26. The van der Waals surface area contributed by atoms with E-state index in [0.29, 0.717) is 10.7 Å². The number of carbonyl (C=O) groups is 1. The normalized spacial score (nSPS) is 16.7. The fraction of sp³-hybridized carbons (Fsp3) is 0.316. The molecule has 1 aliphatic carbocycles. The van der Waals surface area contributed by atoms with Gasteiger partial charge in [-0.1, -0.05) is 35.9 Å². The van der Waals surface area contributed by atoms with Crippen LogP contribution in [0, 0.1) is 6.92 Å². The summed E-state index contributed by atoms with van der Waals surface area (Å²) in [7, 11) is 1.83. The molecular formula is C19H19ClN4O. The molecule has 0 radical (unpaired) electrons. The third-order valence-corrected chi connectivity index (χ3v) is 5.22. The first kappa shape index (κ1) is 16.1. The predicted molar refractivity (Wildman–Crippen MR) is 96.9 cm³/mol. The lowest BCUT2D eigenvalue weighted by Crippen LogP contribution is -2.33. The minimum absolute atomic E-state index is 0.0491. The molecule has 1 amide bonds. The Balaban J connectivity index is 1.71. The molecule has 0 unspecified atom stereocenters. The van der Waals surface area contributed by atoms with Gasteiger partial charge in [0.05, 0.1) is 6.04 Å². The highest BCUT2D eigenvalue weighted by atomic mass is 35.5. The molecule has 0 saturated heterocycles. The molecule has 6 heteroatoms. The second-order valence-electron chi connectivity index (χ2n) is 6.58. The van der Waals surface area contributed by atoms with Crippen molar-refractivity contribution in [2.24, 2.45) is 0 Å². The molecular weight excluding hydrogens is 336 g/mol. The Morgan fingerprint density at radius 3 is 3.00 bits per heavy atom. The van der Waals surface area contributed by atoms with Gasteiger partial charge in [0, 0.05) is 19.4 Å². The van der Waals surface area contributed by atoms with E-state index in [0.717, 1.165) is 24.8 Å². The number of hydrogen-bond donors (Lipinski definition) is 0. The van der Waals surface area contributed by atoms with Crippen LogP contribution in [0.15, 0.2) is 36.7 Å². The minimum atomic E-state index is -0.171. The second kappa shape index (κ2) is 6.15. The van der Waals surface area contributed by atoms with E-state index in [4.69, 9.17) is 11.6 Å². The molecule has 25 heavy (non-hydrogen) atoms. The molecule has 5 nitrogen and oxygen atoms in total. The number of fused-ring (bicyclic) bond motifs is 2. The first-order valence-electron chi connectivity index (χ1n) is 8.41. The SMILES string of the molecule is Cc1cnc2c(Cl)c(C(=O)N(C)[C@@H]3CCCc4ccccc43)nn2c1. The molecule has 2 heterocycles. The van der Waals surface area contributed by atoms with Gasteiger partial charge in [0.1, 0.15) is 5.02 Å². The molecule has 1 aliphatic rings. The Bertz CT molecular complexity index is 965. The van der Waals surface area contributed by atoms with Gasteiger partial charge in [0.25, 0.3) is 5.91 Å². The van der Waals surface area contributed by atoms with Crippen molar-refractivity contribution in [2.75, 3.05) is 7.05 Å². The molecule has 0 aliphatic heterocycles. The van der Waals surface area contributed by atoms with E-state index in [1.807, 2.05) is 26.2 Å². The van der Waals surface area contributed by atoms with Crippen LogP contribution in [0.1, 0.15) is 46.1 Å². The fourth-order valence-electron chi connectivity index (χ4n) is 3.58. The van der Waals surface area contributed by atoms with Gasteiger partial charge in [-0.2, -0.15) is 5.10 Å². The number of carbonyl (C=O) groups excluding carboxylic acids is 1. The van der Waals surface area contributed by atoms with Crippen molar-refractivity contribution >= 4 is 23.2 Å². The summed E-state index contributed by atoms with van der Waals surface area (Å²) in [6, 6.07) is 8.38. The maximum Gasteiger partial charge on any atom is 0.276 e. The zero-order valence-electron chi connectivity index (χ0n) is 14.2. The van der Waals surface area contributed by atoms with E-state index in [1.54, 1.807) is 15.6 Å². The van der Waals surface area contributed by atoms with Crippen LogP contribution in [0.25, 0.3) is 5.65 Å². The van der Waals surface area contributed by atoms with Gasteiger partial charge in [-0.15, -0.1) is 0 Å². The summed E-state index contributed by atoms with van der Waals surface area (Å²) >= 11 is 6.39. The number of benzene rings is 1. The number of hydrogen-bond acceptors (Lipinski definition) is 3. The molecule has 4 rings (SSSR count). The van der Waals surface area contributed by atoms with Crippen LogP contribution >= 0.6 is 11.6 Å². The second-order valence-corrected chi connectivity index (χ2v) is 6.96. The van der Waals surface area contributed by atoms with E-state index in [1.165, 1.54) is 11.1 Å². The monoisotopic (exact) mass is 354 g/mol. The van der Waals surface area contributed by atoms with Crippen molar-refractivity contribution in [1.82, 2.24) is 19.5 Å². The first-order valence-corrected chi connectivity index (χ1v) is 8.79. The Morgan fingerprint density at radius 1 is 1.36 bits per heavy atom. The van der Waals surface area contributed by atoms with Crippen LogP contribution in [0.5, 0.6) is 0 Å². The zero-order chi connectivity index (χ0) is 17.6. The van der Waals surface area contributed by atoms with Gasteiger partial charge in [-0.25, -0.2) is 9.50 Å². The van der Waals surface area contributed by atoms with E-state index in [-0.39, 0.29) is 17.6 Å². The van der Waals surface area contributed by atoms with Crippen molar-refractivity contribution in [3.05, 3.63) is 64.1 Å². The zero-order valence-corrected chi connectivity index (χ0v) is 15.0. The summed E-state index contributed by atoms with van der Waals surface area (Å²) in [6.07, 6.45) is 6.62. The van der Waals surface area contributed by atoms with Crippen molar-refractivity contribution in [3.63, 3.8) is 0 Å². The van der Waals surface area contributed by atoms with Crippen LogP contribution in [-0.4, -0.2) is 32.5 Å². The van der Waals surface area contributed by atoms with Crippen molar-refractivity contribution in [3.8, 4) is 0 Å². The van der Waals surface area contributed by atoms with Gasteiger partial charge >= 0.3 is 0 Å². The van der Waals surface area contributed by atoms with E-state index in [9.17, 15) is 4.79 Å². The average Bonchev–Trinajstić information content (AvgIpc) is 2.96. The van der Waals surface area contributed by atoms with Crippen LogP contribution in [0.4, 0.5) is 0 Å². The smallest absolute Gasteiger partial charge is 0.276 e. The van der Waals surface area contributed by atoms with Crippen molar-refractivity contribution in [2.45, 2.75) is 32.2 Å². The maximum absolute atomic E-state index is 13.1. The summed E-state index contributed by atoms with van der Waals surface area (Å²) in [5, 5.41) is 4.68. The van der Waals surface area contributed by atoms with Crippen LogP contribution < -0.4 is 0 Å². The number of aromatic nitrogens is 3. The van der Waals surface area contributed by atoms with E-state index >= 15 is 0 Å². The summed E-state index contributed by atoms with van der Waals surface area (Å²) in [5.74, 6) is -0.171. The highest BCUT2D eigenvalue weighted by Gasteiger charge is 2.30. The van der Waals surface area contributed by atoms with Crippen LogP contribution in [0.3, 0.4) is 0 Å². The third-order valence-electron chi connectivity index (χ3n) is 4.87. The number of rotatable bonds is 2. The maximum atomic E-state index is 13.1. The summed E-state index contributed by atoms with van der Waals surface area (Å²) < 4.78 is 1.58. The number of amides is 1. The van der Waals surface area contributed by atoms with Gasteiger partial charge in [0.15, 0.2) is 11.3 Å². The van der Waals surface area contributed by atoms with Crippen LogP contribution in [-0.2, 0) is 6.42 Å². The molecule has 128 valence electrons. The first-order chi connectivity index (χ1) is 12.1. The van der Waals surface area contributed by atoms with Crippen LogP contribution in [0.2, 0.25) is 5.02 Å². The highest BCUT2D eigenvalue weighted by Crippen LogP contribution is 2.34. The van der Waals surface area contributed by atoms with Crippen molar-refractivity contribution in [1.29, 1.82) is 0 Å². The lowest BCUT2D eigenvalue weighted by atomic mass is 9.87. The quantitative estimate of drug-likeness (QED) is 0.702. The summed E-state index contributed by atoms with van der Waals surface area (Å²) in [4.78, 5) is 19.1. The molecule has 3 aromatic rings. The van der Waals surface area contributed by atoms with Gasteiger partial charge in [-0.3, -0.25) is 4.79 Å². The Morgan fingerprint density at radius 2 is 2.16 bits per heavy atom. The number of aryl methyl sites for hydroxylation is 2. The molecule has 1 atom stereocenters. The summed E-state index contributed by atoms with van der Waals surface area (Å²) in [6.45, 7) is 1.93. The van der Waals surface area contributed by atoms with Crippen molar-refractivity contribution < 1.29 is 4.79 Å². The molecule has 0 saturated carbocycles. The predicted octanol–water partition coefficient (Wildman–Crippen LogP) is 3.84. The molecule has 2 aromatic heterocycles. The molecule has 0 bridgehead atoms. The minimum Gasteiger partial charge on any atom is -0.333 e. The Hall–Kier alpha value is -2.40. The van der Waals surface area contributed by atoms with Gasteiger partial charge in [0.2, 0.25) is 0 Å². The molecule has 0 N–H and O–H groups in total. The highest BCUT2D eigenvalue weighted by molar-refractivity contribution is 6.36. The average molecular weight is 355 g/mol. The molecule has 0 fully saturated rings. The molecule has 0 spiro atoms. The number of halogens is 1. The lowest BCUT2D eigenvalue weighted by Gasteiger charge is -2.33. The Kier molecular flexibility index (Phi) is 3.96. The standard InChI is InChI=1S/C19H19ClN4O/c1-12-10-21-18-16(20)17(22-24(18)11-12)19(25)23(2)15-9-5-7-13-6-3-4-8-14(13)15/h3-4,6,8,10-11,15H,5,7,9H2,1-2H3/t15-/m1/s1.